The number of aromatic nitrogens is 5. The Hall–Kier alpha value is -4.14. The maximum Gasteiger partial charge on any atom is 0.265 e. The van der Waals surface area contributed by atoms with Crippen molar-refractivity contribution in [3.05, 3.63) is 71.7 Å². The molecule has 2 aromatic carbocycles. The van der Waals surface area contributed by atoms with Crippen LogP contribution in [0.3, 0.4) is 0 Å². The van der Waals surface area contributed by atoms with Gasteiger partial charge in [0, 0.05) is 17.7 Å². The zero-order chi connectivity index (χ0) is 28.4. The molecule has 14 heteroatoms. The number of carbonyl (C=O) groups is 1. The van der Waals surface area contributed by atoms with Crippen molar-refractivity contribution >= 4 is 37.5 Å². The summed E-state index contributed by atoms with van der Waals surface area (Å²) in [5, 5.41) is 20.7. The summed E-state index contributed by atoms with van der Waals surface area (Å²) in [7, 11) is -3.88. The van der Waals surface area contributed by atoms with E-state index in [0.29, 0.717) is 33.1 Å². The molecule has 1 atom stereocenters. The Bertz CT molecular complexity index is 1760. The molecule has 1 amide bonds. The summed E-state index contributed by atoms with van der Waals surface area (Å²) < 4.78 is 36.4. The van der Waals surface area contributed by atoms with Crippen LogP contribution in [0.2, 0.25) is 0 Å². The second-order valence-electron chi connectivity index (χ2n) is 9.47. The molecule has 5 rings (SSSR count). The van der Waals surface area contributed by atoms with Crippen LogP contribution in [0.1, 0.15) is 36.9 Å². The molecule has 3 aromatic heterocycles. The Kier molecular flexibility index (Phi) is 7.65. The smallest absolute Gasteiger partial charge is 0.265 e. The Labute approximate surface area is 234 Å². The maximum atomic E-state index is 13.3. The molecule has 208 valence electrons. The molecule has 0 aliphatic carbocycles. The number of benzene rings is 2. The monoisotopic (exact) mass is 581 g/mol. The van der Waals surface area contributed by atoms with Crippen molar-refractivity contribution < 1.29 is 22.5 Å². The predicted octanol–water partition coefficient (Wildman–Crippen LogP) is 3.59. The van der Waals surface area contributed by atoms with Crippen LogP contribution in [0.15, 0.2) is 63.6 Å². The lowest BCUT2D eigenvalue weighted by Crippen LogP contribution is -2.35. The van der Waals surface area contributed by atoms with Crippen molar-refractivity contribution in [1.82, 2.24) is 30.5 Å². The molecule has 5 aromatic rings. The first kappa shape index (κ1) is 27.4. The molecule has 0 saturated carbocycles. The summed E-state index contributed by atoms with van der Waals surface area (Å²) in [6.07, 6.45) is 1.68. The number of sulfonamides is 1. The number of carbonyl (C=O) groups excluding carboxylic acids is 1. The fourth-order valence-corrected chi connectivity index (χ4v) is 5.88. The van der Waals surface area contributed by atoms with Gasteiger partial charge in [0.05, 0.1) is 16.4 Å². The van der Waals surface area contributed by atoms with E-state index in [0.717, 1.165) is 22.5 Å². The highest BCUT2D eigenvalue weighted by Gasteiger charge is 2.26. The summed E-state index contributed by atoms with van der Waals surface area (Å²) in [6, 6.07) is 14.1. The lowest BCUT2D eigenvalue weighted by molar-refractivity contribution is -0.126. The molecule has 0 aliphatic heterocycles. The van der Waals surface area contributed by atoms with Crippen molar-refractivity contribution in [3.8, 4) is 17.0 Å². The first-order valence-corrected chi connectivity index (χ1v) is 14.7. The van der Waals surface area contributed by atoms with Gasteiger partial charge in [-0.2, -0.15) is 0 Å². The van der Waals surface area contributed by atoms with Crippen LogP contribution in [0, 0.1) is 12.8 Å². The fraction of sp³-hybridized carbons (Fsp3) is 0.269. The third-order valence-corrected chi connectivity index (χ3v) is 8.52. The van der Waals surface area contributed by atoms with Gasteiger partial charge in [-0.3, -0.25) is 4.79 Å². The summed E-state index contributed by atoms with van der Waals surface area (Å²) in [5.74, 6) is 0.851. The minimum atomic E-state index is -3.88. The first-order valence-electron chi connectivity index (χ1n) is 12.4. The van der Waals surface area contributed by atoms with Gasteiger partial charge in [0.25, 0.3) is 10.0 Å². The van der Waals surface area contributed by atoms with E-state index in [1.54, 1.807) is 24.4 Å². The molecule has 40 heavy (non-hydrogen) atoms. The van der Waals surface area contributed by atoms with E-state index in [9.17, 15) is 13.2 Å². The highest BCUT2D eigenvalue weighted by atomic mass is 32.2. The van der Waals surface area contributed by atoms with Gasteiger partial charge in [0.1, 0.15) is 35.5 Å². The summed E-state index contributed by atoms with van der Waals surface area (Å²) in [6.45, 7) is 6.03. The second-order valence-corrected chi connectivity index (χ2v) is 12.2. The molecule has 1 unspecified atom stereocenters. The van der Waals surface area contributed by atoms with Gasteiger partial charge in [-0.1, -0.05) is 54.5 Å². The fourth-order valence-electron chi connectivity index (χ4n) is 4.20. The van der Waals surface area contributed by atoms with Crippen LogP contribution < -0.4 is 15.2 Å². The Morgan fingerprint density at radius 2 is 1.98 bits per heavy atom. The van der Waals surface area contributed by atoms with Crippen molar-refractivity contribution in [1.29, 1.82) is 0 Å². The molecule has 0 aliphatic rings. The molecule has 3 heterocycles. The lowest BCUT2D eigenvalue weighted by atomic mass is 10.0. The van der Waals surface area contributed by atoms with Gasteiger partial charge >= 0.3 is 0 Å². The zero-order valence-corrected chi connectivity index (χ0v) is 23.6. The molecule has 0 bridgehead atoms. The molecule has 0 spiro atoms. The van der Waals surface area contributed by atoms with Crippen LogP contribution in [0.25, 0.3) is 21.5 Å². The van der Waals surface area contributed by atoms with E-state index < -0.39 is 16.1 Å². The van der Waals surface area contributed by atoms with Gasteiger partial charge in [0.15, 0.2) is 0 Å². The molecule has 0 radical (unpaired) electrons. The van der Waals surface area contributed by atoms with Gasteiger partial charge in [-0.25, -0.2) is 23.2 Å². The topological polar surface area (TPSA) is 168 Å². The van der Waals surface area contributed by atoms with Gasteiger partial charge < -0.3 is 14.6 Å². The number of rotatable bonds is 10. The Morgan fingerprint density at radius 3 is 2.70 bits per heavy atom. The van der Waals surface area contributed by atoms with Crippen molar-refractivity contribution in [2.75, 3.05) is 0 Å². The summed E-state index contributed by atoms with van der Waals surface area (Å²) in [5.41, 5.74) is 3.44. The van der Waals surface area contributed by atoms with E-state index in [1.807, 2.05) is 51.1 Å². The number of aryl methyl sites for hydroxylation is 1. The largest absolute Gasteiger partial charge is 0.487 e. The highest BCUT2D eigenvalue weighted by Crippen LogP contribution is 2.29. The van der Waals surface area contributed by atoms with E-state index in [1.165, 1.54) is 4.68 Å². The number of nitrogens with two attached hydrogens (primary N) is 1. The number of hydrogen-bond acceptors (Lipinski definition) is 10. The zero-order valence-electron chi connectivity index (χ0n) is 21.9. The SMILES string of the molecule is Cc1onc(-c2ccccc2)c1CNC(=O)C(C(C)C)n1cc(COc2ccc3nc(S(N)(=O)=O)sc3c2)nn1. The van der Waals surface area contributed by atoms with Crippen molar-refractivity contribution in [2.24, 2.45) is 11.1 Å². The van der Waals surface area contributed by atoms with Gasteiger partial charge in [-0.05, 0) is 31.0 Å². The Morgan fingerprint density at radius 1 is 1.20 bits per heavy atom. The number of primary sulfonamides is 1. The standard InChI is InChI=1S/C26H27N7O5S2/c1-15(2)24(25(34)28-12-20-16(3)38-31-23(20)17-7-5-4-6-8-17)33-13-18(30-32-33)14-37-19-9-10-21-22(11-19)39-26(29-21)40(27,35)36/h4-11,13,15,24H,12,14H2,1-3H3,(H,28,34)(H2,27,35,36). The van der Waals surface area contributed by atoms with Crippen LogP contribution in [0.5, 0.6) is 5.75 Å². The van der Waals surface area contributed by atoms with Gasteiger partial charge in [-0.15, -0.1) is 16.4 Å². The maximum absolute atomic E-state index is 13.3. The van der Waals surface area contributed by atoms with Crippen molar-refractivity contribution in [2.45, 2.75) is 44.3 Å². The second kappa shape index (κ2) is 11.2. The molecular formula is C26H27N7O5S2. The summed E-state index contributed by atoms with van der Waals surface area (Å²) in [4.78, 5) is 17.3. The Balaban J connectivity index is 1.25. The van der Waals surface area contributed by atoms with Crippen LogP contribution >= 0.6 is 11.3 Å². The number of thiazole rings is 1. The number of ether oxygens (including phenoxy) is 1. The van der Waals surface area contributed by atoms with Crippen LogP contribution in [0.4, 0.5) is 0 Å². The molecule has 12 nitrogen and oxygen atoms in total. The summed E-state index contributed by atoms with van der Waals surface area (Å²) >= 11 is 0.968. The number of fused-ring (bicyclic) bond motifs is 1. The number of nitrogens with one attached hydrogen (secondary N) is 1. The van der Waals surface area contributed by atoms with E-state index in [-0.39, 0.29) is 29.3 Å². The molecule has 0 fully saturated rings. The third-order valence-electron chi connectivity index (χ3n) is 6.18. The molecule has 3 N–H and O–H groups in total. The lowest BCUT2D eigenvalue weighted by Gasteiger charge is -2.20. The van der Waals surface area contributed by atoms with Crippen molar-refractivity contribution in [3.63, 3.8) is 0 Å². The average molecular weight is 582 g/mol. The number of hydrogen-bond donors (Lipinski definition) is 2. The van der Waals surface area contributed by atoms with Gasteiger partial charge in [0.2, 0.25) is 10.2 Å². The molecular weight excluding hydrogens is 554 g/mol. The normalized spacial score (nSPS) is 12.6. The van der Waals surface area contributed by atoms with Crippen LogP contribution in [-0.2, 0) is 28.0 Å². The first-order chi connectivity index (χ1) is 19.1. The van der Waals surface area contributed by atoms with E-state index in [4.69, 9.17) is 14.4 Å². The quantitative estimate of drug-likeness (QED) is 0.250. The number of nitrogens with zero attached hydrogens (tertiary/aromatic N) is 5. The van der Waals surface area contributed by atoms with Crippen LogP contribution in [-0.4, -0.2) is 39.5 Å². The predicted molar refractivity (Wildman–Crippen MR) is 148 cm³/mol. The third kappa shape index (κ3) is 5.88. The number of amides is 1. The minimum Gasteiger partial charge on any atom is -0.487 e. The average Bonchev–Trinajstić information content (AvgIpc) is 3.65. The molecule has 0 saturated heterocycles. The minimum absolute atomic E-state index is 0.0746. The van der Waals surface area contributed by atoms with E-state index in [2.05, 4.69) is 25.8 Å². The van der Waals surface area contributed by atoms with E-state index >= 15 is 0 Å². The highest BCUT2D eigenvalue weighted by molar-refractivity contribution is 7.91.